The highest BCUT2D eigenvalue weighted by atomic mass is 28.3. The lowest BCUT2D eigenvalue weighted by molar-refractivity contribution is 0.311. The zero-order valence-corrected chi connectivity index (χ0v) is 12.3. The molecular weight excluding hydrogens is 200 g/mol. The molecule has 0 aliphatic rings. The van der Waals surface area contributed by atoms with Crippen molar-refractivity contribution in [3.63, 3.8) is 0 Å². The Balaban J connectivity index is 5.62. The van der Waals surface area contributed by atoms with E-state index in [2.05, 4.69) is 53.9 Å². The molecule has 0 fully saturated rings. The van der Waals surface area contributed by atoms with Crippen LogP contribution in [0.1, 0.15) is 41.5 Å². The fraction of sp³-hybridized carbons (Fsp3) is 0.769. The molecule has 0 N–H and O–H groups in total. The first-order valence-corrected chi connectivity index (χ1v) is 8.03. The first kappa shape index (κ1) is 14.5. The van der Waals surface area contributed by atoms with Gasteiger partial charge in [0, 0.05) is 0 Å². The van der Waals surface area contributed by atoms with E-state index in [0.717, 1.165) is 5.38 Å². The van der Waals surface area contributed by atoms with Crippen LogP contribution in [-0.4, -0.2) is 15.2 Å². The summed E-state index contributed by atoms with van der Waals surface area (Å²) in [5, 5.41) is 1.04. The molecule has 88 valence electrons. The van der Waals surface area contributed by atoms with Crippen LogP contribution < -0.4 is 0 Å². The van der Waals surface area contributed by atoms with Gasteiger partial charge in [-0.2, -0.15) is 0 Å². The van der Waals surface area contributed by atoms with Crippen LogP contribution in [0.25, 0.3) is 0 Å². The van der Waals surface area contributed by atoms with Gasteiger partial charge in [-0.1, -0.05) is 53.9 Å². The molecule has 0 aliphatic carbocycles. The van der Waals surface area contributed by atoms with E-state index in [9.17, 15) is 0 Å². The number of hydrogen-bond donors (Lipinski definition) is 0. The van der Waals surface area contributed by atoms with E-state index in [1.54, 1.807) is 7.11 Å². The van der Waals surface area contributed by atoms with E-state index < -0.39 is 8.07 Å². The topological polar surface area (TPSA) is 9.23 Å². The van der Waals surface area contributed by atoms with Gasteiger partial charge in [0.1, 0.15) is 13.5 Å². The minimum Gasteiger partial charge on any atom is -0.498 e. The SMILES string of the molecule is C=C=C(OC)[Si](C(C)C)(C(C)C)C(C)C. The van der Waals surface area contributed by atoms with Crippen LogP contribution in [0.4, 0.5) is 0 Å². The van der Waals surface area contributed by atoms with Crippen molar-refractivity contribution in [1.82, 2.24) is 0 Å². The van der Waals surface area contributed by atoms with Crippen molar-refractivity contribution in [2.24, 2.45) is 0 Å². The Morgan fingerprint density at radius 3 is 1.40 bits per heavy atom. The van der Waals surface area contributed by atoms with Gasteiger partial charge in [0.25, 0.3) is 0 Å². The lowest BCUT2D eigenvalue weighted by atomic mass is 10.5. The summed E-state index contributed by atoms with van der Waals surface area (Å²) in [6, 6.07) is 0. The average Bonchev–Trinajstić information content (AvgIpc) is 2.11. The molecule has 0 heterocycles. The third-order valence-electron chi connectivity index (χ3n) is 3.62. The number of hydrogen-bond acceptors (Lipinski definition) is 1. The van der Waals surface area contributed by atoms with E-state index in [-0.39, 0.29) is 0 Å². The summed E-state index contributed by atoms with van der Waals surface area (Å²) in [6.45, 7) is 17.6. The first-order valence-electron chi connectivity index (χ1n) is 5.80. The molecule has 0 bridgehead atoms. The summed E-state index contributed by atoms with van der Waals surface area (Å²) in [7, 11) is 0.116. The fourth-order valence-corrected chi connectivity index (χ4v) is 9.42. The maximum Gasteiger partial charge on any atom is 0.149 e. The molecule has 0 aromatic carbocycles. The van der Waals surface area contributed by atoms with Crippen LogP contribution >= 0.6 is 0 Å². The summed E-state index contributed by atoms with van der Waals surface area (Å²) in [5.74, 6) is 0. The molecule has 0 radical (unpaired) electrons. The predicted molar refractivity (Wildman–Crippen MR) is 70.7 cm³/mol. The van der Waals surface area contributed by atoms with Crippen molar-refractivity contribution in [3.8, 4) is 0 Å². The van der Waals surface area contributed by atoms with E-state index in [0.29, 0.717) is 16.6 Å². The summed E-state index contributed by atoms with van der Waals surface area (Å²) in [5.41, 5.74) is 5.01. The van der Waals surface area contributed by atoms with Crippen LogP contribution in [-0.2, 0) is 4.74 Å². The molecule has 2 heteroatoms. The van der Waals surface area contributed by atoms with E-state index in [1.165, 1.54) is 0 Å². The van der Waals surface area contributed by atoms with E-state index >= 15 is 0 Å². The van der Waals surface area contributed by atoms with Gasteiger partial charge in [0.15, 0.2) is 0 Å². The Bertz CT molecular complexity index is 225. The molecular formula is C13H26OSi. The molecule has 15 heavy (non-hydrogen) atoms. The largest absolute Gasteiger partial charge is 0.498 e. The maximum atomic E-state index is 5.55. The molecule has 0 saturated carbocycles. The van der Waals surface area contributed by atoms with Gasteiger partial charge in [-0.25, -0.2) is 0 Å². The van der Waals surface area contributed by atoms with Gasteiger partial charge in [0.2, 0.25) is 0 Å². The maximum absolute atomic E-state index is 5.55. The standard InChI is InChI=1S/C13H26OSi/c1-9-13(14-8)15(10(2)3,11(4)5)12(6)7/h10-12H,1H2,2-8H3. The Kier molecular flexibility index (Phi) is 5.40. The van der Waals surface area contributed by atoms with Crippen LogP contribution in [0.5, 0.6) is 0 Å². The highest BCUT2D eigenvalue weighted by molar-refractivity contribution is 6.89. The second kappa shape index (κ2) is 5.57. The molecule has 0 spiro atoms. The van der Waals surface area contributed by atoms with Crippen LogP contribution in [0, 0.1) is 0 Å². The summed E-state index contributed by atoms with van der Waals surface area (Å²) < 4.78 is 5.55. The zero-order chi connectivity index (χ0) is 12.2. The summed E-state index contributed by atoms with van der Waals surface area (Å²) in [6.07, 6.45) is 0. The van der Waals surface area contributed by atoms with Crippen LogP contribution in [0.2, 0.25) is 16.6 Å². The van der Waals surface area contributed by atoms with Crippen LogP contribution in [0.15, 0.2) is 17.7 Å². The molecule has 0 aliphatic heterocycles. The smallest absolute Gasteiger partial charge is 0.149 e. The normalized spacial score (nSPS) is 12.1. The lowest BCUT2D eigenvalue weighted by Crippen LogP contribution is -2.47. The second-order valence-corrected chi connectivity index (χ2v) is 10.9. The molecule has 0 rings (SSSR count). The van der Waals surface area contributed by atoms with Gasteiger partial charge in [-0.05, 0) is 16.6 Å². The monoisotopic (exact) mass is 226 g/mol. The van der Waals surface area contributed by atoms with Gasteiger partial charge in [-0.15, -0.1) is 0 Å². The summed E-state index contributed by atoms with van der Waals surface area (Å²) in [4.78, 5) is 0. The van der Waals surface area contributed by atoms with Gasteiger partial charge >= 0.3 is 0 Å². The Labute approximate surface area is 96.2 Å². The van der Waals surface area contributed by atoms with Crippen molar-refractivity contribution in [2.45, 2.75) is 58.2 Å². The number of ether oxygens (including phenoxy) is 1. The van der Waals surface area contributed by atoms with E-state index in [1.807, 2.05) is 0 Å². The molecule has 0 aromatic rings. The number of methoxy groups -OCH3 is 1. The predicted octanol–water partition coefficient (Wildman–Crippen LogP) is 4.52. The molecule has 0 amide bonds. The van der Waals surface area contributed by atoms with Crippen molar-refractivity contribution in [2.75, 3.05) is 7.11 Å². The number of rotatable bonds is 5. The van der Waals surface area contributed by atoms with E-state index in [4.69, 9.17) is 4.74 Å². The van der Waals surface area contributed by atoms with Gasteiger partial charge in [0.05, 0.1) is 7.11 Å². The minimum absolute atomic E-state index is 0.654. The van der Waals surface area contributed by atoms with Crippen molar-refractivity contribution >= 4 is 8.07 Å². The van der Waals surface area contributed by atoms with Crippen molar-refractivity contribution in [3.05, 3.63) is 17.7 Å². The first-order chi connectivity index (χ1) is 6.85. The zero-order valence-electron chi connectivity index (χ0n) is 11.3. The van der Waals surface area contributed by atoms with Crippen LogP contribution in [0.3, 0.4) is 0 Å². The van der Waals surface area contributed by atoms with Gasteiger partial charge < -0.3 is 4.74 Å². The average molecular weight is 226 g/mol. The second-order valence-electron chi connectivity index (χ2n) is 5.11. The highest BCUT2D eigenvalue weighted by Gasteiger charge is 2.47. The molecule has 0 unspecified atom stereocenters. The van der Waals surface area contributed by atoms with Gasteiger partial charge in [-0.3, -0.25) is 0 Å². The Hall–Kier alpha value is -0.463. The Morgan fingerprint density at radius 1 is 1.00 bits per heavy atom. The van der Waals surface area contributed by atoms with Crippen molar-refractivity contribution < 1.29 is 4.74 Å². The quantitative estimate of drug-likeness (QED) is 0.380. The molecule has 0 saturated heterocycles. The van der Waals surface area contributed by atoms with Crippen molar-refractivity contribution in [1.29, 1.82) is 0 Å². The molecule has 0 atom stereocenters. The Morgan fingerprint density at radius 2 is 1.33 bits per heavy atom. The summed E-state index contributed by atoms with van der Waals surface area (Å²) >= 11 is 0. The highest BCUT2D eigenvalue weighted by Crippen LogP contribution is 2.46. The molecule has 0 aromatic heterocycles. The molecule has 1 nitrogen and oxygen atoms in total. The third-order valence-corrected chi connectivity index (χ3v) is 10.5. The third kappa shape index (κ3) is 2.38. The minimum atomic E-state index is -1.64. The fourth-order valence-electron chi connectivity index (χ4n) is 3.19. The lowest BCUT2D eigenvalue weighted by Gasteiger charge is -2.42.